The Balaban J connectivity index is 1.57. The van der Waals surface area contributed by atoms with Gasteiger partial charge in [-0.1, -0.05) is 12.2 Å². The van der Waals surface area contributed by atoms with E-state index in [0.29, 0.717) is 11.6 Å². The van der Waals surface area contributed by atoms with E-state index in [1.165, 1.54) is 19.3 Å². The molecule has 4 rings (SSSR count). The Bertz CT molecular complexity index is 696. The summed E-state index contributed by atoms with van der Waals surface area (Å²) in [7, 11) is 1.82. The van der Waals surface area contributed by atoms with Crippen LogP contribution in [-0.2, 0) is 13.0 Å². The standard InChI is InChI=1S/C20H29N5O/c1-21-20-22-17-9-12-24(13-15-7-3-2-4-8-15)14-16(17)18(23-20)19(26)25-10-5-6-11-25/h2-3,15H,4-14H2,1H3,(H,21,22,23). The normalized spacial score (nSPS) is 23.1. The maximum absolute atomic E-state index is 13.1. The SMILES string of the molecule is CNc1nc2c(c(C(=O)N3CCCC3)n1)CN(CC1CC=CCC1)CC2. The van der Waals surface area contributed by atoms with Gasteiger partial charge in [-0.15, -0.1) is 0 Å². The maximum atomic E-state index is 13.1. The Labute approximate surface area is 155 Å². The number of hydrogen-bond donors (Lipinski definition) is 1. The number of nitrogens with zero attached hydrogens (tertiary/aromatic N) is 4. The Kier molecular flexibility index (Phi) is 5.20. The van der Waals surface area contributed by atoms with Gasteiger partial charge in [0, 0.05) is 51.8 Å². The Hall–Kier alpha value is -1.95. The molecule has 0 spiro atoms. The second kappa shape index (κ2) is 7.74. The predicted octanol–water partition coefficient (Wildman–Crippen LogP) is 2.47. The van der Waals surface area contributed by atoms with Crippen LogP contribution in [0, 0.1) is 5.92 Å². The highest BCUT2D eigenvalue weighted by Gasteiger charge is 2.30. The van der Waals surface area contributed by atoms with Crippen LogP contribution < -0.4 is 5.32 Å². The number of aromatic nitrogens is 2. The zero-order valence-electron chi connectivity index (χ0n) is 15.7. The Morgan fingerprint density at radius 2 is 2.08 bits per heavy atom. The van der Waals surface area contributed by atoms with Crippen LogP contribution in [-0.4, -0.2) is 58.9 Å². The first-order valence-electron chi connectivity index (χ1n) is 9.98. The van der Waals surface area contributed by atoms with Crippen molar-refractivity contribution in [2.75, 3.05) is 38.5 Å². The molecule has 3 heterocycles. The van der Waals surface area contributed by atoms with Gasteiger partial charge in [0.25, 0.3) is 5.91 Å². The molecule has 0 radical (unpaired) electrons. The van der Waals surface area contributed by atoms with E-state index in [9.17, 15) is 4.79 Å². The lowest BCUT2D eigenvalue weighted by Crippen LogP contribution is -2.38. The zero-order valence-corrected chi connectivity index (χ0v) is 15.7. The lowest BCUT2D eigenvalue weighted by molar-refractivity contribution is 0.0783. The van der Waals surface area contributed by atoms with E-state index in [4.69, 9.17) is 0 Å². The number of hydrogen-bond acceptors (Lipinski definition) is 5. The number of likely N-dealkylation sites (tertiary alicyclic amines) is 1. The van der Waals surface area contributed by atoms with Crippen LogP contribution >= 0.6 is 0 Å². The molecule has 0 saturated carbocycles. The van der Waals surface area contributed by atoms with E-state index in [1.807, 2.05) is 11.9 Å². The number of carbonyl (C=O) groups excluding carboxylic acids is 1. The van der Waals surface area contributed by atoms with Gasteiger partial charge in [-0.3, -0.25) is 9.69 Å². The average Bonchev–Trinajstić information content (AvgIpc) is 3.22. The summed E-state index contributed by atoms with van der Waals surface area (Å²) in [6.07, 6.45) is 11.3. The number of anilines is 1. The number of nitrogens with one attached hydrogen (secondary N) is 1. The van der Waals surface area contributed by atoms with Crippen LogP contribution in [0.4, 0.5) is 5.95 Å². The highest BCUT2D eigenvalue weighted by atomic mass is 16.2. The molecule has 0 aromatic carbocycles. The molecule has 1 atom stereocenters. The van der Waals surface area contributed by atoms with E-state index in [-0.39, 0.29) is 5.91 Å². The number of carbonyl (C=O) groups is 1. The first-order chi connectivity index (χ1) is 12.7. The van der Waals surface area contributed by atoms with Crippen molar-refractivity contribution >= 4 is 11.9 Å². The zero-order chi connectivity index (χ0) is 17.9. The van der Waals surface area contributed by atoms with E-state index in [0.717, 1.165) is 69.2 Å². The minimum atomic E-state index is 0.0834. The van der Waals surface area contributed by atoms with Crippen molar-refractivity contribution in [2.45, 2.75) is 45.1 Å². The molecule has 1 saturated heterocycles. The van der Waals surface area contributed by atoms with Crippen molar-refractivity contribution in [3.05, 3.63) is 29.1 Å². The molecular weight excluding hydrogens is 326 g/mol. The van der Waals surface area contributed by atoms with Gasteiger partial charge in [0.05, 0.1) is 5.69 Å². The lowest BCUT2D eigenvalue weighted by atomic mass is 9.93. The van der Waals surface area contributed by atoms with Crippen LogP contribution in [0.2, 0.25) is 0 Å². The van der Waals surface area contributed by atoms with Crippen molar-refractivity contribution in [2.24, 2.45) is 5.92 Å². The fraction of sp³-hybridized carbons (Fsp3) is 0.650. The third-order valence-corrected chi connectivity index (χ3v) is 5.85. The summed E-state index contributed by atoms with van der Waals surface area (Å²) < 4.78 is 0. The lowest BCUT2D eigenvalue weighted by Gasteiger charge is -2.33. The summed E-state index contributed by atoms with van der Waals surface area (Å²) in [6.45, 7) is 4.63. The summed E-state index contributed by atoms with van der Waals surface area (Å²) in [5.41, 5.74) is 2.72. The van der Waals surface area contributed by atoms with Gasteiger partial charge in [0.15, 0.2) is 0 Å². The third kappa shape index (κ3) is 3.61. The van der Waals surface area contributed by atoms with Crippen molar-refractivity contribution in [3.8, 4) is 0 Å². The molecular formula is C20H29N5O. The largest absolute Gasteiger partial charge is 0.357 e. The monoisotopic (exact) mass is 355 g/mol. The number of rotatable bonds is 4. The first kappa shape index (κ1) is 17.5. The fourth-order valence-corrected chi connectivity index (χ4v) is 4.37. The van der Waals surface area contributed by atoms with Gasteiger partial charge < -0.3 is 10.2 Å². The molecule has 1 N–H and O–H groups in total. The molecule has 3 aliphatic rings. The summed E-state index contributed by atoms with van der Waals surface area (Å²) in [4.78, 5) is 26.7. The molecule has 26 heavy (non-hydrogen) atoms. The van der Waals surface area contributed by atoms with Gasteiger partial charge in [0.1, 0.15) is 5.69 Å². The minimum absolute atomic E-state index is 0.0834. The van der Waals surface area contributed by atoms with Gasteiger partial charge in [-0.2, -0.15) is 0 Å². The number of fused-ring (bicyclic) bond motifs is 1. The highest BCUT2D eigenvalue weighted by molar-refractivity contribution is 5.94. The van der Waals surface area contributed by atoms with Crippen molar-refractivity contribution < 1.29 is 4.79 Å². The predicted molar refractivity (Wildman–Crippen MR) is 102 cm³/mol. The molecule has 1 aliphatic carbocycles. The van der Waals surface area contributed by atoms with Crippen LogP contribution in [0.25, 0.3) is 0 Å². The van der Waals surface area contributed by atoms with Crippen molar-refractivity contribution in [3.63, 3.8) is 0 Å². The van der Waals surface area contributed by atoms with Crippen LogP contribution in [0.15, 0.2) is 12.2 Å². The van der Waals surface area contributed by atoms with Crippen molar-refractivity contribution in [1.29, 1.82) is 0 Å². The molecule has 1 unspecified atom stereocenters. The third-order valence-electron chi connectivity index (χ3n) is 5.85. The molecule has 2 aliphatic heterocycles. The summed E-state index contributed by atoms with van der Waals surface area (Å²) >= 11 is 0. The van der Waals surface area contributed by atoms with Crippen LogP contribution in [0.5, 0.6) is 0 Å². The smallest absolute Gasteiger partial charge is 0.273 e. The molecule has 6 nitrogen and oxygen atoms in total. The molecule has 1 aromatic heterocycles. The van der Waals surface area contributed by atoms with Gasteiger partial charge in [0.2, 0.25) is 5.95 Å². The topological polar surface area (TPSA) is 61.4 Å². The molecule has 1 fully saturated rings. The van der Waals surface area contributed by atoms with Gasteiger partial charge in [-0.25, -0.2) is 9.97 Å². The average molecular weight is 355 g/mol. The minimum Gasteiger partial charge on any atom is -0.357 e. The maximum Gasteiger partial charge on any atom is 0.273 e. The van der Waals surface area contributed by atoms with E-state index in [1.54, 1.807) is 0 Å². The highest BCUT2D eigenvalue weighted by Crippen LogP contribution is 2.26. The molecule has 1 amide bonds. The molecule has 6 heteroatoms. The van der Waals surface area contributed by atoms with Crippen LogP contribution in [0.1, 0.15) is 53.8 Å². The summed E-state index contributed by atoms with van der Waals surface area (Å²) in [6, 6.07) is 0. The molecule has 140 valence electrons. The Morgan fingerprint density at radius 1 is 1.23 bits per heavy atom. The molecule has 0 bridgehead atoms. The van der Waals surface area contributed by atoms with Gasteiger partial charge in [-0.05, 0) is 38.0 Å². The van der Waals surface area contributed by atoms with Crippen LogP contribution in [0.3, 0.4) is 0 Å². The van der Waals surface area contributed by atoms with E-state index >= 15 is 0 Å². The number of amides is 1. The van der Waals surface area contributed by atoms with Gasteiger partial charge >= 0.3 is 0 Å². The Morgan fingerprint density at radius 3 is 2.81 bits per heavy atom. The molecule has 1 aromatic rings. The second-order valence-electron chi connectivity index (χ2n) is 7.71. The second-order valence-corrected chi connectivity index (χ2v) is 7.71. The summed E-state index contributed by atoms with van der Waals surface area (Å²) in [5.74, 6) is 1.38. The van der Waals surface area contributed by atoms with E-state index in [2.05, 4.69) is 32.3 Å². The van der Waals surface area contributed by atoms with Crippen molar-refractivity contribution in [1.82, 2.24) is 19.8 Å². The first-order valence-corrected chi connectivity index (χ1v) is 9.98. The fourth-order valence-electron chi connectivity index (χ4n) is 4.37. The quantitative estimate of drug-likeness (QED) is 0.841. The summed E-state index contributed by atoms with van der Waals surface area (Å²) in [5, 5.41) is 3.03. The van der Waals surface area contributed by atoms with E-state index < -0.39 is 0 Å². The number of allylic oxidation sites excluding steroid dienone is 2.